The fourth-order valence-electron chi connectivity index (χ4n) is 1.46. The predicted molar refractivity (Wildman–Crippen MR) is 64.4 cm³/mol. The number of Topliss-reactive ketones (excluding diaryl/α,β-unsaturated/α-hetero) is 1. The Morgan fingerprint density at radius 2 is 2.19 bits per heavy atom. The normalized spacial score (nSPS) is 12.4. The third kappa shape index (κ3) is 2.44. The van der Waals surface area contributed by atoms with Gasteiger partial charge in [0.1, 0.15) is 0 Å². The van der Waals surface area contributed by atoms with Gasteiger partial charge in [-0.3, -0.25) is 14.2 Å². The molecule has 6 heteroatoms. The zero-order valence-corrected chi connectivity index (χ0v) is 10.3. The van der Waals surface area contributed by atoms with E-state index in [4.69, 9.17) is 0 Å². The fourth-order valence-corrected chi connectivity index (χ4v) is 2.09. The summed E-state index contributed by atoms with van der Waals surface area (Å²) in [5, 5.41) is 0. The molecule has 0 spiro atoms. The Bertz CT molecular complexity index is 504. The first-order valence-corrected chi connectivity index (χ1v) is 6.22. The van der Waals surface area contributed by atoms with Crippen LogP contribution in [0.15, 0.2) is 15.8 Å². The van der Waals surface area contributed by atoms with Crippen molar-refractivity contribution in [2.24, 2.45) is 0 Å². The van der Waals surface area contributed by atoms with Gasteiger partial charge in [-0.05, 0) is 20.1 Å². The van der Waals surface area contributed by atoms with Gasteiger partial charge >= 0.3 is 5.69 Å². The van der Waals surface area contributed by atoms with Gasteiger partial charge in [0.05, 0.1) is 5.56 Å². The molecule has 0 aliphatic rings. The lowest BCUT2D eigenvalue weighted by molar-refractivity contribution is 0.101. The van der Waals surface area contributed by atoms with E-state index in [1.54, 1.807) is 6.92 Å². The topological polar surface area (TPSA) is 71.9 Å². The predicted octanol–water partition coefficient (Wildman–Crippen LogP) is 0.663. The summed E-state index contributed by atoms with van der Waals surface area (Å²) in [4.78, 5) is 37.0. The van der Waals surface area contributed by atoms with Crippen molar-refractivity contribution in [2.45, 2.75) is 19.9 Å². The molecule has 1 aromatic heterocycles. The minimum Gasteiger partial charge on any atom is -0.313 e. The van der Waals surface area contributed by atoms with Gasteiger partial charge in [0.2, 0.25) is 0 Å². The van der Waals surface area contributed by atoms with Gasteiger partial charge in [0.25, 0.3) is 5.56 Å². The molecule has 1 N–H and O–H groups in total. The molecule has 0 radical (unpaired) electrons. The number of nitrogens with one attached hydrogen (secondary N) is 1. The molecule has 1 rings (SSSR count). The third-order valence-electron chi connectivity index (χ3n) is 2.24. The van der Waals surface area contributed by atoms with E-state index >= 15 is 0 Å². The Morgan fingerprint density at radius 3 is 2.69 bits per heavy atom. The van der Waals surface area contributed by atoms with Gasteiger partial charge < -0.3 is 4.98 Å². The Morgan fingerprint density at radius 1 is 1.56 bits per heavy atom. The summed E-state index contributed by atoms with van der Waals surface area (Å²) < 4.78 is 1.09. The average Bonchev–Trinajstić information content (AvgIpc) is 2.17. The third-order valence-corrected chi connectivity index (χ3v) is 3.05. The van der Waals surface area contributed by atoms with Gasteiger partial charge in [-0.2, -0.15) is 11.8 Å². The van der Waals surface area contributed by atoms with Crippen LogP contribution < -0.4 is 11.2 Å². The minimum atomic E-state index is -0.516. The largest absolute Gasteiger partial charge is 0.328 e. The molecular formula is C10H14N2O3S. The minimum absolute atomic E-state index is 0.0209. The summed E-state index contributed by atoms with van der Waals surface area (Å²) in [5.74, 6) is 0.302. The SMILES string of the molecule is CSCC(C)n1c(=O)[nH]cc(C(C)=O)c1=O. The summed E-state index contributed by atoms with van der Waals surface area (Å²) in [6.45, 7) is 3.08. The molecule has 5 nitrogen and oxygen atoms in total. The Kier molecular flexibility index (Phi) is 4.12. The smallest absolute Gasteiger partial charge is 0.313 e. The lowest BCUT2D eigenvalue weighted by Gasteiger charge is -2.12. The molecule has 1 atom stereocenters. The van der Waals surface area contributed by atoms with Crippen LogP contribution >= 0.6 is 11.8 Å². The van der Waals surface area contributed by atoms with Gasteiger partial charge in [-0.1, -0.05) is 0 Å². The maximum absolute atomic E-state index is 11.9. The molecule has 1 aromatic rings. The molecule has 1 heterocycles. The molecule has 88 valence electrons. The number of aromatic nitrogens is 2. The fraction of sp³-hybridized carbons (Fsp3) is 0.500. The Labute approximate surface area is 96.9 Å². The molecule has 0 fully saturated rings. The highest BCUT2D eigenvalue weighted by atomic mass is 32.2. The maximum Gasteiger partial charge on any atom is 0.328 e. The number of hydrogen-bond acceptors (Lipinski definition) is 4. The van der Waals surface area contributed by atoms with Crippen molar-refractivity contribution in [2.75, 3.05) is 12.0 Å². The van der Waals surface area contributed by atoms with Crippen LogP contribution in [-0.4, -0.2) is 27.3 Å². The summed E-state index contributed by atoms with van der Waals surface area (Å²) in [5.41, 5.74) is -0.970. The Hall–Kier alpha value is -1.30. The second-order valence-corrected chi connectivity index (χ2v) is 4.45. The van der Waals surface area contributed by atoms with Crippen LogP contribution in [0.2, 0.25) is 0 Å². The molecule has 0 saturated heterocycles. The van der Waals surface area contributed by atoms with E-state index in [-0.39, 0.29) is 17.4 Å². The van der Waals surface area contributed by atoms with Crippen molar-refractivity contribution in [3.05, 3.63) is 32.6 Å². The van der Waals surface area contributed by atoms with E-state index in [0.29, 0.717) is 5.75 Å². The van der Waals surface area contributed by atoms with Crippen LogP contribution in [0, 0.1) is 0 Å². The lowest BCUT2D eigenvalue weighted by Crippen LogP contribution is -2.40. The van der Waals surface area contributed by atoms with Gasteiger partial charge in [0, 0.05) is 18.0 Å². The number of ketones is 1. The summed E-state index contributed by atoms with van der Waals surface area (Å²) >= 11 is 1.54. The van der Waals surface area contributed by atoms with Crippen molar-refractivity contribution in [3.8, 4) is 0 Å². The van der Waals surface area contributed by atoms with Gasteiger partial charge in [-0.15, -0.1) is 0 Å². The van der Waals surface area contributed by atoms with Crippen molar-refractivity contribution >= 4 is 17.5 Å². The zero-order chi connectivity index (χ0) is 12.3. The molecular weight excluding hydrogens is 228 g/mol. The number of aromatic amines is 1. The number of rotatable bonds is 4. The van der Waals surface area contributed by atoms with Crippen molar-refractivity contribution < 1.29 is 4.79 Å². The van der Waals surface area contributed by atoms with Crippen molar-refractivity contribution in [1.29, 1.82) is 0 Å². The zero-order valence-electron chi connectivity index (χ0n) is 9.44. The van der Waals surface area contributed by atoms with E-state index in [9.17, 15) is 14.4 Å². The van der Waals surface area contributed by atoms with E-state index in [1.807, 2.05) is 6.26 Å². The standard InChI is InChI=1S/C10H14N2O3S/c1-6(5-16-3)12-9(14)8(7(2)13)4-11-10(12)15/h4,6H,5H2,1-3H3,(H,11,15). The molecule has 0 amide bonds. The lowest BCUT2D eigenvalue weighted by atomic mass is 10.2. The van der Waals surface area contributed by atoms with Crippen molar-refractivity contribution in [3.63, 3.8) is 0 Å². The van der Waals surface area contributed by atoms with E-state index in [1.165, 1.54) is 24.9 Å². The highest BCUT2D eigenvalue weighted by molar-refractivity contribution is 7.98. The number of hydrogen-bond donors (Lipinski definition) is 1. The van der Waals surface area contributed by atoms with Crippen LogP contribution in [0.5, 0.6) is 0 Å². The number of thioether (sulfide) groups is 1. The van der Waals surface area contributed by atoms with Crippen LogP contribution in [0.25, 0.3) is 0 Å². The summed E-state index contributed by atoms with van der Waals surface area (Å²) in [7, 11) is 0. The molecule has 0 saturated carbocycles. The molecule has 16 heavy (non-hydrogen) atoms. The summed E-state index contributed by atoms with van der Waals surface area (Å²) in [6, 6.07) is -0.231. The van der Waals surface area contributed by atoms with Crippen LogP contribution in [0.3, 0.4) is 0 Å². The second kappa shape index (κ2) is 5.16. The first kappa shape index (κ1) is 12.8. The number of nitrogens with zero attached hydrogens (tertiary/aromatic N) is 1. The highest BCUT2D eigenvalue weighted by Crippen LogP contribution is 2.06. The molecule has 0 aromatic carbocycles. The molecule has 0 bridgehead atoms. The number of H-pyrrole nitrogens is 1. The number of carbonyl (C=O) groups is 1. The molecule has 0 aliphatic carbocycles. The second-order valence-electron chi connectivity index (χ2n) is 3.54. The maximum atomic E-state index is 11.9. The van der Waals surface area contributed by atoms with Gasteiger partial charge in [-0.25, -0.2) is 4.79 Å². The number of carbonyl (C=O) groups excluding carboxylic acids is 1. The van der Waals surface area contributed by atoms with E-state index in [0.717, 1.165) is 4.57 Å². The quantitative estimate of drug-likeness (QED) is 0.787. The first-order valence-electron chi connectivity index (χ1n) is 4.83. The average molecular weight is 242 g/mol. The molecule has 1 unspecified atom stereocenters. The van der Waals surface area contributed by atoms with E-state index < -0.39 is 11.2 Å². The van der Waals surface area contributed by atoms with Crippen LogP contribution in [0.1, 0.15) is 30.2 Å². The monoisotopic (exact) mass is 242 g/mol. The van der Waals surface area contributed by atoms with Crippen LogP contribution in [-0.2, 0) is 0 Å². The van der Waals surface area contributed by atoms with E-state index in [2.05, 4.69) is 4.98 Å². The van der Waals surface area contributed by atoms with Crippen molar-refractivity contribution in [1.82, 2.24) is 9.55 Å². The summed E-state index contributed by atoms with van der Waals surface area (Å²) in [6.07, 6.45) is 3.07. The highest BCUT2D eigenvalue weighted by Gasteiger charge is 2.14. The Balaban J connectivity index is 3.38. The van der Waals surface area contributed by atoms with Gasteiger partial charge in [0.15, 0.2) is 5.78 Å². The molecule has 0 aliphatic heterocycles. The van der Waals surface area contributed by atoms with Crippen LogP contribution in [0.4, 0.5) is 0 Å². The first-order chi connectivity index (χ1) is 7.49.